The number of allylic oxidation sites excluding steroid dienone is 1. The number of carbonyl (C=O) groups is 1. The number of hydrogen-bond donors (Lipinski definition) is 0. The lowest BCUT2D eigenvalue weighted by Crippen LogP contribution is -2.25. The average Bonchev–Trinajstić information content (AvgIpc) is 2.95. The maximum Gasteiger partial charge on any atom is 0.258 e. The molecule has 0 atom stereocenters. The van der Waals surface area contributed by atoms with Crippen molar-refractivity contribution < 1.29 is 9.53 Å². The summed E-state index contributed by atoms with van der Waals surface area (Å²) < 4.78 is 7.11. The molecule has 0 aliphatic carbocycles. The number of rotatable bonds is 13. The second-order valence-electron chi connectivity index (χ2n) is 9.68. The Morgan fingerprint density at radius 1 is 0.789 bits per heavy atom. The van der Waals surface area contributed by atoms with E-state index in [2.05, 4.69) is 6.92 Å². The summed E-state index contributed by atoms with van der Waals surface area (Å²) in [5.74, 6) is 0.455. The van der Waals surface area contributed by atoms with E-state index < -0.39 is 0 Å². The van der Waals surface area contributed by atoms with E-state index in [0.717, 1.165) is 40.9 Å². The molecule has 4 aromatic rings. The number of nitrogens with zero attached hydrogens (tertiary/aromatic N) is 1. The van der Waals surface area contributed by atoms with Gasteiger partial charge in [-0.25, -0.2) is 4.57 Å². The zero-order chi connectivity index (χ0) is 26.6. The van der Waals surface area contributed by atoms with Crippen LogP contribution in [-0.2, 0) is 0 Å². The van der Waals surface area contributed by atoms with Crippen LogP contribution < -0.4 is 10.3 Å². The smallest absolute Gasteiger partial charge is 0.258 e. The highest BCUT2D eigenvalue weighted by molar-refractivity contribution is 6.03. The van der Waals surface area contributed by atoms with Crippen molar-refractivity contribution in [1.82, 2.24) is 4.57 Å². The van der Waals surface area contributed by atoms with E-state index in [-0.39, 0.29) is 11.5 Å². The van der Waals surface area contributed by atoms with E-state index in [1.54, 1.807) is 12.1 Å². The molecule has 0 amide bonds. The third-order valence-electron chi connectivity index (χ3n) is 6.79. The minimum atomic E-state index is -0.374. The van der Waals surface area contributed by atoms with Crippen LogP contribution in [0.5, 0.6) is 5.75 Å². The second kappa shape index (κ2) is 14.1. The summed E-state index contributed by atoms with van der Waals surface area (Å²) in [5.41, 5.74) is 2.89. The Bertz CT molecular complexity index is 1400. The monoisotopic (exact) mass is 507 g/mol. The maximum absolute atomic E-state index is 13.1. The summed E-state index contributed by atoms with van der Waals surface area (Å²) in [6, 6.07) is 26.5. The molecule has 0 spiro atoms. The lowest BCUT2D eigenvalue weighted by molar-refractivity contribution is 0.0971. The van der Waals surface area contributed by atoms with Crippen LogP contribution in [0.15, 0.2) is 95.8 Å². The molecule has 0 saturated heterocycles. The molecule has 3 aromatic carbocycles. The highest BCUT2D eigenvalue weighted by atomic mass is 16.5. The van der Waals surface area contributed by atoms with Crippen LogP contribution in [0.2, 0.25) is 0 Å². The Labute approximate surface area is 225 Å². The predicted octanol–water partition coefficient (Wildman–Crippen LogP) is 8.54. The van der Waals surface area contributed by atoms with E-state index in [0.29, 0.717) is 5.52 Å². The normalized spacial score (nSPS) is 11.3. The first-order chi connectivity index (χ1) is 18.7. The van der Waals surface area contributed by atoms with Crippen LogP contribution in [0.3, 0.4) is 0 Å². The van der Waals surface area contributed by atoms with E-state index in [4.69, 9.17) is 4.74 Å². The number of pyridine rings is 1. The molecule has 0 N–H and O–H groups in total. The number of hydrogen-bond acceptors (Lipinski definition) is 3. The van der Waals surface area contributed by atoms with Gasteiger partial charge in [0.1, 0.15) is 5.75 Å². The van der Waals surface area contributed by atoms with Crippen LogP contribution >= 0.6 is 0 Å². The summed E-state index contributed by atoms with van der Waals surface area (Å²) >= 11 is 0. The third-order valence-corrected chi connectivity index (χ3v) is 6.79. The molecule has 0 saturated carbocycles. The van der Waals surface area contributed by atoms with Crippen molar-refractivity contribution in [2.45, 2.75) is 58.3 Å². The molecule has 1 aromatic heterocycles. The first kappa shape index (κ1) is 27.1. The van der Waals surface area contributed by atoms with Crippen molar-refractivity contribution in [2.24, 2.45) is 0 Å². The molecule has 0 aliphatic heterocycles. The maximum atomic E-state index is 13.1. The van der Waals surface area contributed by atoms with Crippen LogP contribution in [0.4, 0.5) is 0 Å². The van der Waals surface area contributed by atoms with Crippen molar-refractivity contribution >= 4 is 22.9 Å². The number of unbranched alkanes of at least 4 members (excludes halogenated alkanes) is 7. The first-order valence-electron chi connectivity index (χ1n) is 13.8. The van der Waals surface area contributed by atoms with E-state index in [1.165, 1.54) is 55.6 Å². The molecule has 1 heterocycles. The van der Waals surface area contributed by atoms with Gasteiger partial charge >= 0.3 is 0 Å². The SMILES string of the molecule is CCCCCCCCCCOc1ccc(C=CC(=O)n2c(=O)cc(-c3ccccc3)c3ccccc32)cc1. The topological polar surface area (TPSA) is 48.3 Å². The van der Waals surface area contributed by atoms with Crippen molar-refractivity contribution in [2.75, 3.05) is 6.61 Å². The molecular weight excluding hydrogens is 470 g/mol. The Morgan fingerprint density at radius 2 is 1.45 bits per heavy atom. The lowest BCUT2D eigenvalue weighted by Gasteiger charge is -2.11. The molecule has 196 valence electrons. The van der Waals surface area contributed by atoms with Gasteiger partial charge in [-0.3, -0.25) is 9.59 Å². The number of ether oxygens (including phenoxy) is 1. The van der Waals surface area contributed by atoms with Gasteiger partial charge in [0.2, 0.25) is 0 Å². The van der Waals surface area contributed by atoms with E-state index in [1.807, 2.05) is 78.9 Å². The summed E-state index contributed by atoms with van der Waals surface area (Å²) in [4.78, 5) is 26.2. The van der Waals surface area contributed by atoms with Gasteiger partial charge in [-0.2, -0.15) is 0 Å². The molecule has 38 heavy (non-hydrogen) atoms. The van der Waals surface area contributed by atoms with E-state index in [9.17, 15) is 9.59 Å². The summed E-state index contributed by atoms with van der Waals surface area (Å²) in [5, 5.41) is 0.859. The summed E-state index contributed by atoms with van der Waals surface area (Å²) in [7, 11) is 0. The molecule has 4 nitrogen and oxygen atoms in total. The number of para-hydroxylation sites is 1. The molecule has 4 heteroatoms. The Morgan fingerprint density at radius 3 is 2.18 bits per heavy atom. The minimum absolute atomic E-state index is 0.345. The molecule has 0 fully saturated rings. The molecule has 0 unspecified atom stereocenters. The fourth-order valence-electron chi connectivity index (χ4n) is 4.71. The van der Waals surface area contributed by atoms with Crippen molar-refractivity contribution in [1.29, 1.82) is 0 Å². The zero-order valence-electron chi connectivity index (χ0n) is 22.3. The van der Waals surface area contributed by atoms with Crippen molar-refractivity contribution in [3.63, 3.8) is 0 Å². The number of aromatic nitrogens is 1. The van der Waals surface area contributed by atoms with Crippen LogP contribution in [0.25, 0.3) is 28.1 Å². The molecule has 0 aliphatic rings. The van der Waals surface area contributed by atoms with Crippen LogP contribution in [0.1, 0.15) is 68.6 Å². The largest absolute Gasteiger partial charge is 0.494 e. The van der Waals surface area contributed by atoms with Crippen molar-refractivity contribution in [3.05, 3.63) is 107 Å². The van der Waals surface area contributed by atoms with Gasteiger partial charge in [-0.1, -0.05) is 113 Å². The zero-order valence-corrected chi connectivity index (χ0v) is 22.3. The second-order valence-corrected chi connectivity index (χ2v) is 9.68. The Kier molecular flexibility index (Phi) is 10.1. The first-order valence-corrected chi connectivity index (χ1v) is 13.8. The van der Waals surface area contributed by atoms with Crippen LogP contribution in [0, 0.1) is 0 Å². The van der Waals surface area contributed by atoms with Gasteiger partial charge in [0.15, 0.2) is 0 Å². The standard InChI is InChI=1S/C34H37NO3/c1-2-3-4-5-6-7-8-14-25-38-29-22-19-27(20-23-29)21-24-33(36)35-32-18-13-12-17-30(32)31(26-34(35)37)28-15-10-9-11-16-28/h9-13,15-24,26H,2-8,14,25H2,1H3. The van der Waals surface area contributed by atoms with Gasteiger partial charge < -0.3 is 4.74 Å². The number of carbonyl (C=O) groups excluding carboxylic acids is 1. The molecular formula is C34H37NO3. The van der Waals surface area contributed by atoms with Gasteiger partial charge in [-0.15, -0.1) is 0 Å². The number of benzene rings is 3. The Hall–Kier alpha value is -3.92. The van der Waals surface area contributed by atoms with Crippen molar-refractivity contribution in [3.8, 4) is 16.9 Å². The van der Waals surface area contributed by atoms with Gasteiger partial charge in [0.25, 0.3) is 11.5 Å². The average molecular weight is 508 g/mol. The molecule has 0 radical (unpaired) electrons. The third kappa shape index (κ3) is 7.32. The quantitative estimate of drug-likeness (QED) is 0.135. The van der Waals surface area contributed by atoms with Gasteiger partial charge in [0.05, 0.1) is 12.1 Å². The summed E-state index contributed by atoms with van der Waals surface area (Å²) in [6.45, 7) is 2.97. The fourth-order valence-corrected chi connectivity index (χ4v) is 4.71. The number of fused-ring (bicyclic) bond motifs is 1. The molecule has 4 rings (SSSR count). The lowest BCUT2D eigenvalue weighted by atomic mass is 10.0. The van der Waals surface area contributed by atoms with E-state index >= 15 is 0 Å². The van der Waals surface area contributed by atoms with Crippen LogP contribution in [-0.4, -0.2) is 17.1 Å². The molecule has 0 bridgehead atoms. The highest BCUT2D eigenvalue weighted by Crippen LogP contribution is 2.27. The predicted molar refractivity (Wildman–Crippen MR) is 158 cm³/mol. The van der Waals surface area contributed by atoms with Gasteiger partial charge in [0, 0.05) is 17.5 Å². The minimum Gasteiger partial charge on any atom is -0.494 e. The Balaban J connectivity index is 1.36. The fraction of sp³-hybridized carbons (Fsp3) is 0.294. The summed E-state index contributed by atoms with van der Waals surface area (Å²) in [6.07, 6.45) is 13.4. The highest BCUT2D eigenvalue weighted by Gasteiger charge is 2.13. The van der Waals surface area contributed by atoms with Gasteiger partial charge in [-0.05, 0) is 47.4 Å².